The first-order chi connectivity index (χ1) is 7.50. The Hall–Kier alpha value is -1.02. The SMILES string of the molecule is C[C@H](N)c1ccc(N2CCCC2(C)C)cc1. The normalized spacial score (nSPS) is 21.1. The van der Waals surface area contributed by atoms with E-state index in [1.54, 1.807) is 0 Å². The van der Waals surface area contributed by atoms with Gasteiger partial charge in [-0.25, -0.2) is 0 Å². The summed E-state index contributed by atoms with van der Waals surface area (Å²) in [5.74, 6) is 0. The maximum absolute atomic E-state index is 5.86. The van der Waals surface area contributed by atoms with E-state index in [2.05, 4.69) is 43.0 Å². The number of rotatable bonds is 2. The molecule has 88 valence electrons. The summed E-state index contributed by atoms with van der Waals surface area (Å²) in [4.78, 5) is 2.50. The van der Waals surface area contributed by atoms with E-state index >= 15 is 0 Å². The van der Waals surface area contributed by atoms with Crippen LogP contribution in [0.1, 0.15) is 45.2 Å². The van der Waals surface area contributed by atoms with Crippen molar-refractivity contribution in [1.29, 1.82) is 0 Å². The van der Waals surface area contributed by atoms with Gasteiger partial charge in [0.1, 0.15) is 0 Å². The minimum atomic E-state index is 0.126. The third kappa shape index (κ3) is 2.07. The van der Waals surface area contributed by atoms with Gasteiger partial charge in [0.2, 0.25) is 0 Å². The largest absolute Gasteiger partial charge is 0.366 e. The van der Waals surface area contributed by atoms with Crippen molar-refractivity contribution < 1.29 is 0 Å². The Morgan fingerprint density at radius 1 is 1.25 bits per heavy atom. The highest BCUT2D eigenvalue weighted by Crippen LogP contribution is 2.33. The molecule has 0 spiro atoms. The summed E-state index contributed by atoms with van der Waals surface area (Å²) in [7, 11) is 0. The topological polar surface area (TPSA) is 29.3 Å². The fourth-order valence-electron chi connectivity index (χ4n) is 2.54. The Morgan fingerprint density at radius 3 is 2.31 bits per heavy atom. The molecule has 16 heavy (non-hydrogen) atoms. The molecule has 0 bridgehead atoms. The molecular formula is C14H22N2. The average Bonchev–Trinajstić information content (AvgIpc) is 2.58. The van der Waals surface area contributed by atoms with E-state index in [0.29, 0.717) is 5.54 Å². The Labute approximate surface area is 98.4 Å². The number of anilines is 1. The summed E-state index contributed by atoms with van der Waals surface area (Å²) in [6.45, 7) is 7.83. The Bertz CT molecular complexity index is 352. The highest BCUT2D eigenvalue weighted by atomic mass is 15.2. The van der Waals surface area contributed by atoms with Crippen molar-refractivity contribution in [3.63, 3.8) is 0 Å². The summed E-state index contributed by atoms with van der Waals surface area (Å²) in [5.41, 5.74) is 8.69. The zero-order valence-corrected chi connectivity index (χ0v) is 10.5. The maximum atomic E-state index is 5.86. The van der Waals surface area contributed by atoms with Crippen molar-refractivity contribution in [1.82, 2.24) is 0 Å². The second-order valence-corrected chi connectivity index (χ2v) is 5.45. The molecule has 2 rings (SSSR count). The van der Waals surface area contributed by atoms with Crippen LogP contribution in [0.2, 0.25) is 0 Å². The van der Waals surface area contributed by atoms with E-state index in [4.69, 9.17) is 5.73 Å². The minimum Gasteiger partial charge on any atom is -0.366 e. The standard InChI is InChI=1S/C14H22N2/c1-11(15)12-5-7-13(8-6-12)16-10-4-9-14(16,2)3/h5-8,11H,4,9-10,15H2,1-3H3/t11-/m0/s1. The number of nitrogens with two attached hydrogens (primary N) is 1. The molecule has 0 saturated carbocycles. The van der Waals surface area contributed by atoms with Gasteiger partial charge < -0.3 is 10.6 Å². The third-order valence-electron chi connectivity index (χ3n) is 3.63. The average molecular weight is 218 g/mol. The van der Waals surface area contributed by atoms with Crippen LogP contribution in [-0.2, 0) is 0 Å². The van der Waals surface area contributed by atoms with Crippen molar-refractivity contribution in [2.45, 2.75) is 45.2 Å². The number of benzene rings is 1. The van der Waals surface area contributed by atoms with Gasteiger partial charge in [0.25, 0.3) is 0 Å². The van der Waals surface area contributed by atoms with Crippen LogP contribution in [0.5, 0.6) is 0 Å². The summed E-state index contributed by atoms with van der Waals surface area (Å²) >= 11 is 0. The first kappa shape index (κ1) is 11.5. The van der Waals surface area contributed by atoms with E-state index in [1.165, 1.54) is 30.6 Å². The molecule has 1 heterocycles. The van der Waals surface area contributed by atoms with Crippen LogP contribution in [0.3, 0.4) is 0 Å². The minimum absolute atomic E-state index is 0.126. The lowest BCUT2D eigenvalue weighted by atomic mass is 10.0. The highest BCUT2D eigenvalue weighted by molar-refractivity contribution is 5.51. The van der Waals surface area contributed by atoms with Gasteiger partial charge >= 0.3 is 0 Å². The van der Waals surface area contributed by atoms with Crippen molar-refractivity contribution in [2.75, 3.05) is 11.4 Å². The molecule has 1 aliphatic rings. The van der Waals surface area contributed by atoms with Crippen LogP contribution in [0.15, 0.2) is 24.3 Å². The second-order valence-electron chi connectivity index (χ2n) is 5.45. The van der Waals surface area contributed by atoms with Gasteiger partial charge in [-0.3, -0.25) is 0 Å². The van der Waals surface area contributed by atoms with Crippen LogP contribution < -0.4 is 10.6 Å². The molecule has 1 aliphatic heterocycles. The van der Waals surface area contributed by atoms with Crippen LogP contribution in [0.25, 0.3) is 0 Å². The van der Waals surface area contributed by atoms with Gasteiger partial charge in [-0.2, -0.15) is 0 Å². The van der Waals surface area contributed by atoms with Gasteiger partial charge in [-0.05, 0) is 51.3 Å². The first-order valence-corrected chi connectivity index (χ1v) is 6.14. The zero-order valence-electron chi connectivity index (χ0n) is 10.5. The van der Waals surface area contributed by atoms with Crippen LogP contribution >= 0.6 is 0 Å². The number of hydrogen-bond donors (Lipinski definition) is 1. The lowest BCUT2D eigenvalue weighted by Crippen LogP contribution is -2.38. The van der Waals surface area contributed by atoms with Crippen molar-refractivity contribution in [2.24, 2.45) is 5.73 Å². The molecule has 0 aromatic heterocycles. The monoisotopic (exact) mass is 218 g/mol. The molecule has 1 atom stereocenters. The van der Waals surface area contributed by atoms with Gasteiger partial charge in [0, 0.05) is 23.8 Å². The summed E-state index contributed by atoms with van der Waals surface area (Å²) < 4.78 is 0. The molecule has 2 N–H and O–H groups in total. The molecule has 1 fully saturated rings. The van der Waals surface area contributed by atoms with E-state index in [1.807, 2.05) is 6.92 Å². The molecule has 0 unspecified atom stereocenters. The molecule has 1 aromatic rings. The first-order valence-electron chi connectivity index (χ1n) is 6.14. The van der Waals surface area contributed by atoms with Gasteiger partial charge in [-0.15, -0.1) is 0 Å². The highest BCUT2D eigenvalue weighted by Gasteiger charge is 2.31. The molecule has 2 heteroatoms. The maximum Gasteiger partial charge on any atom is 0.0370 e. The summed E-state index contributed by atoms with van der Waals surface area (Å²) in [6.07, 6.45) is 2.57. The Balaban J connectivity index is 2.22. The molecular weight excluding hydrogens is 196 g/mol. The molecule has 0 amide bonds. The van der Waals surface area contributed by atoms with Crippen molar-refractivity contribution in [3.8, 4) is 0 Å². The number of nitrogens with zero attached hydrogens (tertiary/aromatic N) is 1. The molecule has 1 aromatic carbocycles. The molecule has 2 nitrogen and oxygen atoms in total. The predicted molar refractivity (Wildman–Crippen MR) is 69.7 cm³/mol. The molecule has 0 aliphatic carbocycles. The summed E-state index contributed by atoms with van der Waals surface area (Å²) in [6, 6.07) is 8.82. The van der Waals surface area contributed by atoms with Crippen LogP contribution in [-0.4, -0.2) is 12.1 Å². The van der Waals surface area contributed by atoms with Gasteiger partial charge in [0.05, 0.1) is 0 Å². The van der Waals surface area contributed by atoms with Crippen LogP contribution in [0, 0.1) is 0 Å². The van der Waals surface area contributed by atoms with E-state index in [-0.39, 0.29) is 6.04 Å². The number of hydrogen-bond acceptors (Lipinski definition) is 2. The smallest absolute Gasteiger partial charge is 0.0370 e. The summed E-state index contributed by atoms with van der Waals surface area (Å²) in [5, 5.41) is 0. The Kier molecular flexibility index (Phi) is 2.94. The lowest BCUT2D eigenvalue weighted by Gasteiger charge is -2.33. The van der Waals surface area contributed by atoms with Crippen molar-refractivity contribution >= 4 is 5.69 Å². The fourth-order valence-corrected chi connectivity index (χ4v) is 2.54. The Morgan fingerprint density at radius 2 is 1.88 bits per heavy atom. The fraction of sp³-hybridized carbons (Fsp3) is 0.571. The molecule has 1 saturated heterocycles. The zero-order chi connectivity index (χ0) is 11.8. The second kappa shape index (κ2) is 4.10. The quantitative estimate of drug-likeness (QED) is 0.826. The van der Waals surface area contributed by atoms with Crippen molar-refractivity contribution in [3.05, 3.63) is 29.8 Å². The lowest BCUT2D eigenvalue weighted by molar-refractivity contribution is 0.518. The predicted octanol–water partition coefficient (Wildman–Crippen LogP) is 3.09. The molecule has 0 radical (unpaired) electrons. The third-order valence-corrected chi connectivity index (χ3v) is 3.63. The van der Waals surface area contributed by atoms with Crippen LogP contribution in [0.4, 0.5) is 5.69 Å². The van der Waals surface area contributed by atoms with E-state index < -0.39 is 0 Å². The van der Waals surface area contributed by atoms with E-state index in [9.17, 15) is 0 Å². The van der Waals surface area contributed by atoms with Gasteiger partial charge in [-0.1, -0.05) is 12.1 Å². The van der Waals surface area contributed by atoms with Gasteiger partial charge in [0.15, 0.2) is 0 Å². The van der Waals surface area contributed by atoms with E-state index in [0.717, 1.165) is 0 Å².